The number of hydrogen-bond acceptors (Lipinski definition) is 3. The van der Waals surface area contributed by atoms with Crippen molar-refractivity contribution in [1.82, 2.24) is 5.32 Å². The molecule has 2 saturated heterocycles. The van der Waals surface area contributed by atoms with Gasteiger partial charge in [-0.3, -0.25) is 4.79 Å². The standard InChI is InChI=1S/C18H26ClN3O/c19-17-12-15(1-2-16(17)18(20)23)22-9-5-14(6-10-22)11-13-3-7-21-8-4-13/h1-2,12-14,21H,3-11H2,(H2,20,23). The molecule has 4 nitrogen and oxygen atoms in total. The molecular formula is C18H26ClN3O. The number of benzene rings is 1. The highest BCUT2D eigenvalue weighted by atomic mass is 35.5. The fourth-order valence-electron chi connectivity index (χ4n) is 3.92. The molecule has 2 fully saturated rings. The van der Waals surface area contributed by atoms with Crippen LogP contribution in [0.15, 0.2) is 18.2 Å². The summed E-state index contributed by atoms with van der Waals surface area (Å²) in [4.78, 5) is 13.6. The summed E-state index contributed by atoms with van der Waals surface area (Å²) in [5, 5.41) is 3.90. The third-order valence-electron chi connectivity index (χ3n) is 5.32. The molecule has 3 N–H and O–H groups in total. The first-order chi connectivity index (χ1) is 11.1. The zero-order chi connectivity index (χ0) is 16.2. The van der Waals surface area contributed by atoms with Crippen molar-refractivity contribution >= 4 is 23.2 Å². The summed E-state index contributed by atoms with van der Waals surface area (Å²) < 4.78 is 0. The van der Waals surface area contributed by atoms with Gasteiger partial charge in [-0.1, -0.05) is 11.6 Å². The second kappa shape index (κ2) is 7.54. The van der Waals surface area contributed by atoms with E-state index in [4.69, 9.17) is 17.3 Å². The number of primary amides is 1. The molecule has 2 aliphatic rings. The minimum absolute atomic E-state index is 0.399. The highest BCUT2D eigenvalue weighted by Gasteiger charge is 2.24. The van der Waals surface area contributed by atoms with Crippen molar-refractivity contribution in [3.8, 4) is 0 Å². The van der Waals surface area contributed by atoms with E-state index in [0.717, 1.165) is 30.6 Å². The van der Waals surface area contributed by atoms with E-state index >= 15 is 0 Å². The lowest BCUT2D eigenvalue weighted by molar-refractivity contribution is 0.100. The molecule has 126 valence electrons. The van der Waals surface area contributed by atoms with Gasteiger partial charge in [-0.2, -0.15) is 0 Å². The van der Waals surface area contributed by atoms with E-state index < -0.39 is 5.91 Å². The minimum atomic E-state index is -0.470. The molecule has 1 aromatic rings. The molecular weight excluding hydrogens is 310 g/mol. The van der Waals surface area contributed by atoms with E-state index in [1.165, 1.54) is 45.2 Å². The molecule has 0 bridgehead atoms. The van der Waals surface area contributed by atoms with Gasteiger partial charge in [0, 0.05) is 18.8 Å². The van der Waals surface area contributed by atoms with Gasteiger partial charge < -0.3 is 16.0 Å². The maximum atomic E-state index is 11.3. The number of nitrogens with two attached hydrogens (primary N) is 1. The van der Waals surface area contributed by atoms with Crippen LogP contribution >= 0.6 is 11.6 Å². The number of carbonyl (C=O) groups excluding carboxylic acids is 1. The van der Waals surface area contributed by atoms with Gasteiger partial charge in [-0.15, -0.1) is 0 Å². The fourth-order valence-corrected chi connectivity index (χ4v) is 4.18. The van der Waals surface area contributed by atoms with Gasteiger partial charge in [0.15, 0.2) is 0 Å². The molecule has 0 spiro atoms. The largest absolute Gasteiger partial charge is 0.371 e. The first-order valence-electron chi connectivity index (χ1n) is 8.68. The number of amides is 1. The number of hydrogen-bond donors (Lipinski definition) is 2. The van der Waals surface area contributed by atoms with Crippen LogP contribution in [0.5, 0.6) is 0 Å². The number of rotatable bonds is 4. The average molecular weight is 336 g/mol. The summed E-state index contributed by atoms with van der Waals surface area (Å²) in [6.07, 6.45) is 6.56. The monoisotopic (exact) mass is 335 g/mol. The van der Waals surface area contributed by atoms with Gasteiger partial charge >= 0.3 is 0 Å². The van der Waals surface area contributed by atoms with E-state index in [0.29, 0.717) is 10.6 Å². The molecule has 3 rings (SSSR count). The molecule has 0 atom stereocenters. The number of carbonyl (C=O) groups is 1. The average Bonchev–Trinajstić information content (AvgIpc) is 2.56. The molecule has 2 heterocycles. The first-order valence-corrected chi connectivity index (χ1v) is 9.06. The third kappa shape index (κ3) is 4.18. The summed E-state index contributed by atoms with van der Waals surface area (Å²) >= 11 is 6.17. The maximum absolute atomic E-state index is 11.3. The lowest BCUT2D eigenvalue weighted by atomic mass is 9.83. The second-order valence-electron chi connectivity index (χ2n) is 6.89. The van der Waals surface area contributed by atoms with Gasteiger partial charge in [0.1, 0.15) is 0 Å². The molecule has 5 heteroatoms. The maximum Gasteiger partial charge on any atom is 0.250 e. The Labute approximate surface area is 143 Å². The normalized spacial score (nSPS) is 20.7. The highest BCUT2D eigenvalue weighted by Crippen LogP contribution is 2.31. The van der Waals surface area contributed by atoms with Crippen molar-refractivity contribution in [1.29, 1.82) is 0 Å². The van der Waals surface area contributed by atoms with Crippen LogP contribution in [0.4, 0.5) is 5.69 Å². The topological polar surface area (TPSA) is 58.4 Å². The predicted octanol–water partition coefficient (Wildman–Crippen LogP) is 3.05. The van der Waals surface area contributed by atoms with Crippen LogP contribution in [0.2, 0.25) is 5.02 Å². The van der Waals surface area contributed by atoms with Crippen molar-refractivity contribution in [3.63, 3.8) is 0 Å². The lowest BCUT2D eigenvalue weighted by Gasteiger charge is -2.36. The number of halogens is 1. The van der Waals surface area contributed by atoms with Crippen molar-refractivity contribution in [3.05, 3.63) is 28.8 Å². The molecule has 0 aromatic heterocycles. The van der Waals surface area contributed by atoms with Crippen LogP contribution in [0, 0.1) is 11.8 Å². The van der Waals surface area contributed by atoms with E-state index in [2.05, 4.69) is 10.2 Å². The van der Waals surface area contributed by atoms with E-state index in [1.54, 1.807) is 6.07 Å². The van der Waals surface area contributed by atoms with Gasteiger partial charge in [-0.05, 0) is 75.2 Å². The van der Waals surface area contributed by atoms with E-state index in [1.807, 2.05) is 12.1 Å². The number of nitrogens with one attached hydrogen (secondary N) is 1. The quantitative estimate of drug-likeness (QED) is 0.889. The summed E-state index contributed by atoms with van der Waals surface area (Å²) in [5.41, 5.74) is 6.81. The number of nitrogens with zero attached hydrogens (tertiary/aromatic N) is 1. The molecule has 0 radical (unpaired) electrons. The molecule has 23 heavy (non-hydrogen) atoms. The van der Waals surface area contributed by atoms with E-state index in [9.17, 15) is 4.79 Å². The smallest absolute Gasteiger partial charge is 0.250 e. The third-order valence-corrected chi connectivity index (χ3v) is 5.64. The lowest BCUT2D eigenvalue weighted by Crippen LogP contribution is -2.35. The Bertz CT molecular complexity index is 549. The van der Waals surface area contributed by atoms with Crippen molar-refractivity contribution in [2.75, 3.05) is 31.1 Å². The fraction of sp³-hybridized carbons (Fsp3) is 0.611. The van der Waals surface area contributed by atoms with Crippen LogP contribution in [-0.4, -0.2) is 32.1 Å². The number of piperidine rings is 2. The summed E-state index contributed by atoms with van der Waals surface area (Å²) in [6, 6.07) is 5.56. The Morgan fingerprint density at radius 1 is 1.17 bits per heavy atom. The van der Waals surface area contributed by atoms with Gasteiger partial charge in [0.25, 0.3) is 0 Å². The molecule has 2 aliphatic heterocycles. The second-order valence-corrected chi connectivity index (χ2v) is 7.30. The zero-order valence-corrected chi connectivity index (χ0v) is 14.3. The highest BCUT2D eigenvalue weighted by molar-refractivity contribution is 6.34. The van der Waals surface area contributed by atoms with E-state index in [-0.39, 0.29) is 0 Å². The molecule has 0 unspecified atom stereocenters. The van der Waals surface area contributed by atoms with Crippen LogP contribution in [0.25, 0.3) is 0 Å². The zero-order valence-electron chi connectivity index (χ0n) is 13.6. The Morgan fingerprint density at radius 2 is 1.83 bits per heavy atom. The van der Waals surface area contributed by atoms with Crippen LogP contribution < -0.4 is 16.0 Å². The molecule has 0 saturated carbocycles. The van der Waals surface area contributed by atoms with Crippen LogP contribution in [-0.2, 0) is 0 Å². The van der Waals surface area contributed by atoms with Gasteiger partial charge in [-0.25, -0.2) is 0 Å². The van der Waals surface area contributed by atoms with Gasteiger partial charge in [0.2, 0.25) is 5.91 Å². The van der Waals surface area contributed by atoms with Crippen molar-refractivity contribution < 1.29 is 4.79 Å². The predicted molar refractivity (Wildman–Crippen MR) is 95.1 cm³/mol. The summed E-state index contributed by atoms with van der Waals surface area (Å²) in [7, 11) is 0. The first kappa shape index (κ1) is 16.6. The molecule has 1 amide bonds. The van der Waals surface area contributed by atoms with Crippen LogP contribution in [0.3, 0.4) is 0 Å². The summed E-state index contributed by atoms with van der Waals surface area (Å²) in [5.74, 6) is 1.30. The minimum Gasteiger partial charge on any atom is -0.371 e. The molecule has 0 aliphatic carbocycles. The number of anilines is 1. The summed E-state index contributed by atoms with van der Waals surface area (Å²) in [6.45, 7) is 4.52. The molecule has 1 aromatic carbocycles. The van der Waals surface area contributed by atoms with Crippen molar-refractivity contribution in [2.24, 2.45) is 17.6 Å². The SMILES string of the molecule is NC(=O)c1ccc(N2CCC(CC3CCNCC3)CC2)cc1Cl. The van der Waals surface area contributed by atoms with Gasteiger partial charge in [0.05, 0.1) is 10.6 Å². The van der Waals surface area contributed by atoms with Crippen molar-refractivity contribution in [2.45, 2.75) is 32.1 Å². The Hall–Kier alpha value is -1.26. The Balaban J connectivity index is 1.54. The Kier molecular flexibility index (Phi) is 5.44. The van der Waals surface area contributed by atoms with Crippen LogP contribution in [0.1, 0.15) is 42.5 Å². The Morgan fingerprint density at radius 3 is 2.43 bits per heavy atom.